The number of pyridine rings is 1. The van der Waals surface area contributed by atoms with Crippen molar-refractivity contribution >= 4 is 32.5 Å². The Bertz CT molecular complexity index is 900. The third-order valence-electron chi connectivity index (χ3n) is 4.63. The zero-order chi connectivity index (χ0) is 18.2. The van der Waals surface area contributed by atoms with Crippen molar-refractivity contribution in [3.63, 3.8) is 0 Å². The summed E-state index contributed by atoms with van der Waals surface area (Å²) in [5.41, 5.74) is 1.96. The predicted molar refractivity (Wildman–Crippen MR) is 94.1 cm³/mol. The lowest BCUT2D eigenvalue weighted by Gasteiger charge is -2.25. The summed E-state index contributed by atoms with van der Waals surface area (Å²) in [6.07, 6.45) is 2.37. The number of hydrogen-bond acceptors (Lipinski definition) is 6. The molecule has 9 heteroatoms. The van der Waals surface area contributed by atoms with E-state index < -0.39 is 26.2 Å². The van der Waals surface area contributed by atoms with Gasteiger partial charge in [0.25, 0.3) is 0 Å². The lowest BCUT2D eigenvalue weighted by Crippen LogP contribution is -2.41. The van der Waals surface area contributed by atoms with E-state index in [1.165, 1.54) is 13.1 Å². The van der Waals surface area contributed by atoms with Crippen LogP contribution in [-0.2, 0) is 26.4 Å². The first-order chi connectivity index (χ1) is 11.8. The first kappa shape index (κ1) is 17.8. The lowest BCUT2D eigenvalue weighted by molar-refractivity contribution is -0.115. The number of nitrogens with one attached hydrogen (secondary N) is 1. The second kappa shape index (κ2) is 6.72. The van der Waals surface area contributed by atoms with E-state index in [-0.39, 0.29) is 0 Å². The number of rotatable bonds is 4. The highest BCUT2D eigenvalue weighted by Gasteiger charge is 2.36. The molecule has 0 saturated carbocycles. The van der Waals surface area contributed by atoms with Crippen molar-refractivity contribution in [2.45, 2.75) is 37.2 Å². The number of hydrogen-bond donors (Lipinski definition) is 1. The van der Waals surface area contributed by atoms with Crippen LogP contribution in [0.1, 0.15) is 25.5 Å². The van der Waals surface area contributed by atoms with Gasteiger partial charge >= 0.3 is 0 Å². The third kappa shape index (κ3) is 3.38. The second-order valence-electron chi connectivity index (χ2n) is 6.34. The minimum Gasteiger partial charge on any atom is -0.381 e. The smallest absolute Gasteiger partial charge is 0.242 e. The van der Waals surface area contributed by atoms with Gasteiger partial charge in [0.1, 0.15) is 5.25 Å². The number of anilines is 1. The Labute approximate surface area is 146 Å². The molecule has 2 aromatic heterocycles. The van der Waals surface area contributed by atoms with E-state index in [9.17, 15) is 13.2 Å². The predicted octanol–water partition coefficient (Wildman–Crippen LogP) is 1.20. The van der Waals surface area contributed by atoms with Crippen LogP contribution in [0.5, 0.6) is 0 Å². The summed E-state index contributed by atoms with van der Waals surface area (Å²) in [6.45, 7) is 4.12. The topological polar surface area (TPSA) is 103 Å². The van der Waals surface area contributed by atoms with Gasteiger partial charge in [0.05, 0.1) is 22.8 Å². The van der Waals surface area contributed by atoms with Gasteiger partial charge in [-0.1, -0.05) is 0 Å². The van der Waals surface area contributed by atoms with Gasteiger partial charge in [-0.2, -0.15) is 5.10 Å². The molecule has 1 saturated heterocycles. The van der Waals surface area contributed by atoms with Crippen LogP contribution in [0.4, 0.5) is 5.69 Å². The molecule has 0 radical (unpaired) electrons. The summed E-state index contributed by atoms with van der Waals surface area (Å²) < 4.78 is 32.1. The number of sulfone groups is 1. The van der Waals surface area contributed by atoms with Crippen LogP contribution in [0.25, 0.3) is 11.0 Å². The van der Waals surface area contributed by atoms with Crippen LogP contribution < -0.4 is 5.32 Å². The summed E-state index contributed by atoms with van der Waals surface area (Å²) in [5.74, 6) is -0.547. The van der Waals surface area contributed by atoms with E-state index in [2.05, 4.69) is 15.4 Å². The van der Waals surface area contributed by atoms with Crippen molar-refractivity contribution in [3.05, 3.63) is 18.0 Å². The van der Waals surface area contributed by atoms with Gasteiger partial charge in [0.15, 0.2) is 15.5 Å². The summed E-state index contributed by atoms with van der Waals surface area (Å²) >= 11 is 0. The molecule has 1 atom stereocenters. The van der Waals surface area contributed by atoms with Crippen LogP contribution in [0.2, 0.25) is 0 Å². The molecule has 1 N–H and O–H groups in total. The SMILES string of the molecule is Cc1nn(C)c2ncc(NC(=O)[C@@H](C)S(=O)(=O)C3CCOCC3)cc12. The Kier molecular flexibility index (Phi) is 4.79. The standard InChI is InChI=1S/C16H22N4O4S/c1-10-14-8-12(9-17-15(14)20(3)19-10)18-16(21)11(2)25(22,23)13-4-6-24-7-5-13/h8-9,11,13H,4-7H2,1-3H3,(H,18,21)/t11-/m1/s1. The fourth-order valence-corrected chi connectivity index (χ4v) is 4.85. The molecule has 1 fully saturated rings. The van der Waals surface area contributed by atoms with Crippen molar-refractivity contribution in [2.24, 2.45) is 7.05 Å². The second-order valence-corrected chi connectivity index (χ2v) is 8.89. The van der Waals surface area contributed by atoms with Crippen molar-refractivity contribution in [3.8, 4) is 0 Å². The van der Waals surface area contributed by atoms with E-state index in [0.717, 1.165) is 11.1 Å². The zero-order valence-electron chi connectivity index (χ0n) is 14.5. The summed E-state index contributed by atoms with van der Waals surface area (Å²) in [7, 11) is -1.76. The van der Waals surface area contributed by atoms with Crippen LogP contribution in [-0.4, -0.2) is 52.8 Å². The van der Waals surface area contributed by atoms with Crippen molar-refractivity contribution in [1.29, 1.82) is 0 Å². The third-order valence-corrected chi connectivity index (χ3v) is 7.23. The molecule has 1 aliphatic heterocycles. The molecule has 1 amide bonds. The van der Waals surface area contributed by atoms with Crippen LogP contribution in [0, 0.1) is 6.92 Å². The normalized spacial score (nSPS) is 17.6. The average Bonchev–Trinajstić information content (AvgIpc) is 2.88. The number of aryl methyl sites for hydroxylation is 2. The number of amides is 1. The van der Waals surface area contributed by atoms with Gasteiger partial charge in [-0.15, -0.1) is 0 Å². The van der Waals surface area contributed by atoms with E-state index in [1.807, 2.05) is 6.92 Å². The molecular formula is C16H22N4O4S. The van der Waals surface area contributed by atoms with Gasteiger partial charge in [-0.3, -0.25) is 9.48 Å². The Morgan fingerprint density at radius 3 is 2.76 bits per heavy atom. The molecule has 3 rings (SSSR count). The van der Waals surface area contributed by atoms with Gasteiger partial charge < -0.3 is 10.1 Å². The van der Waals surface area contributed by atoms with Crippen molar-refractivity contribution in [2.75, 3.05) is 18.5 Å². The molecule has 3 heterocycles. The molecule has 0 unspecified atom stereocenters. The number of ether oxygens (including phenoxy) is 1. The quantitative estimate of drug-likeness (QED) is 0.872. The number of fused-ring (bicyclic) bond motifs is 1. The van der Waals surface area contributed by atoms with Crippen molar-refractivity contribution < 1.29 is 17.9 Å². The van der Waals surface area contributed by atoms with Crippen molar-refractivity contribution in [1.82, 2.24) is 14.8 Å². The molecular weight excluding hydrogens is 344 g/mol. The zero-order valence-corrected chi connectivity index (χ0v) is 15.3. The van der Waals surface area contributed by atoms with E-state index in [1.54, 1.807) is 17.8 Å². The van der Waals surface area contributed by atoms with Crippen LogP contribution in [0.15, 0.2) is 12.3 Å². The number of carbonyl (C=O) groups is 1. The fourth-order valence-electron chi connectivity index (χ4n) is 3.06. The first-order valence-electron chi connectivity index (χ1n) is 8.21. The summed E-state index contributed by atoms with van der Waals surface area (Å²) in [5, 5.41) is 6.12. The minimum atomic E-state index is -3.56. The van der Waals surface area contributed by atoms with E-state index >= 15 is 0 Å². The Morgan fingerprint density at radius 2 is 2.08 bits per heavy atom. The Hall–Kier alpha value is -2.00. The lowest BCUT2D eigenvalue weighted by atomic mass is 10.2. The Balaban J connectivity index is 1.78. The molecule has 0 aromatic carbocycles. The molecule has 8 nitrogen and oxygen atoms in total. The largest absolute Gasteiger partial charge is 0.381 e. The number of aromatic nitrogens is 3. The highest BCUT2D eigenvalue weighted by atomic mass is 32.2. The maximum atomic E-state index is 12.6. The van der Waals surface area contributed by atoms with Gasteiger partial charge in [0.2, 0.25) is 5.91 Å². The molecule has 25 heavy (non-hydrogen) atoms. The minimum absolute atomic E-state index is 0.416. The van der Waals surface area contributed by atoms with E-state index in [0.29, 0.717) is 37.4 Å². The highest BCUT2D eigenvalue weighted by Crippen LogP contribution is 2.23. The van der Waals surface area contributed by atoms with Crippen LogP contribution in [0.3, 0.4) is 0 Å². The molecule has 2 aromatic rings. The fraction of sp³-hybridized carbons (Fsp3) is 0.562. The van der Waals surface area contributed by atoms with E-state index in [4.69, 9.17) is 4.74 Å². The molecule has 0 bridgehead atoms. The molecule has 136 valence electrons. The van der Waals surface area contributed by atoms with Gasteiger partial charge in [0, 0.05) is 25.6 Å². The highest BCUT2D eigenvalue weighted by molar-refractivity contribution is 7.93. The molecule has 1 aliphatic rings. The Morgan fingerprint density at radius 1 is 1.40 bits per heavy atom. The summed E-state index contributed by atoms with van der Waals surface area (Å²) in [6, 6.07) is 1.76. The average molecular weight is 366 g/mol. The first-order valence-corrected chi connectivity index (χ1v) is 9.82. The molecule has 0 aliphatic carbocycles. The van der Waals surface area contributed by atoms with Crippen LogP contribution >= 0.6 is 0 Å². The number of nitrogens with zero attached hydrogens (tertiary/aromatic N) is 3. The van der Waals surface area contributed by atoms with Gasteiger partial charge in [-0.05, 0) is 32.8 Å². The maximum Gasteiger partial charge on any atom is 0.242 e. The number of carbonyl (C=O) groups excluding carboxylic acids is 1. The molecule has 0 spiro atoms. The monoisotopic (exact) mass is 366 g/mol. The van der Waals surface area contributed by atoms with Gasteiger partial charge in [-0.25, -0.2) is 13.4 Å². The summed E-state index contributed by atoms with van der Waals surface area (Å²) in [4.78, 5) is 16.7. The maximum absolute atomic E-state index is 12.6.